The Balaban J connectivity index is 4.01. The second kappa shape index (κ2) is 7.34. The summed E-state index contributed by atoms with van der Waals surface area (Å²) in [4.78, 5) is 2.39. The Morgan fingerprint density at radius 3 is 1.92 bits per heavy atom. The van der Waals surface area contributed by atoms with Gasteiger partial charge in [-0.15, -0.1) is 0 Å². The Hall–Kier alpha value is -0.0800. The van der Waals surface area contributed by atoms with Gasteiger partial charge in [0, 0.05) is 0 Å². The van der Waals surface area contributed by atoms with Crippen LogP contribution in [0.5, 0.6) is 0 Å². The van der Waals surface area contributed by atoms with Gasteiger partial charge in [-0.1, -0.05) is 13.8 Å². The summed E-state index contributed by atoms with van der Waals surface area (Å²) in [5.74, 6) is 0. The van der Waals surface area contributed by atoms with E-state index in [1.807, 2.05) is 18.7 Å². The van der Waals surface area contributed by atoms with Crippen LogP contribution in [-0.4, -0.2) is 48.4 Å². The second-order valence-electron chi connectivity index (χ2n) is 3.55. The Morgan fingerprint density at radius 2 is 1.62 bits per heavy atom. The third-order valence-electron chi connectivity index (χ3n) is 1.92. The fraction of sp³-hybridized carbons (Fsp3) is 0.900. The van der Waals surface area contributed by atoms with Gasteiger partial charge < -0.3 is 0 Å². The molecular weight excluding hydrogens is 184 g/mol. The summed E-state index contributed by atoms with van der Waals surface area (Å²) < 4.78 is 1.97. The monoisotopic (exact) mass is 205 g/mol. The second-order valence-corrected chi connectivity index (χ2v) is 3.98. The number of hydrogen-bond donors (Lipinski definition) is 0. The van der Waals surface area contributed by atoms with Gasteiger partial charge in [-0.2, -0.15) is 0 Å². The minimum absolute atomic E-state index is 0.885. The van der Waals surface area contributed by atoms with Crippen LogP contribution in [0.25, 0.3) is 0 Å². The van der Waals surface area contributed by atoms with Crippen LogP contribution in [0.3, 0.4) is 0 Å². The molecule has 0 atom stereocenters. The summed E-state index contributed by atoms with van der Waals surface area (Å²) in [6.07, 6.45) is 2.38. The molecule has 0 rings (SSSR count). The van der Waals surface area contributed by atoms with Crippen molar-refractivity contribution in [1.29, 1.82) is 0 Å². The van der Waals surface area contributed by atoms with Crippen molar-refractivity contribution in [1.82, 2.24) is 4.90 Å². The van der Waals surface area contributed by atoms with Gasteiger partial charge in [0.25, 0.3) is 5.17 Å². The zero-order valence-electron chi connectivity index (χ0n) is 9.31. The van der Waals surface area contributed by atoms with Crippen molar-refractivity contribution >= 4 is 16.8 Å². The molecule has 2 nitrogen and oxygen atoms in total. The van der Waals surface area contributed by atoms with E-state index in [-0.39, 0.29) is 0 Å². The van der Waals surface area contributed by atoms with Crippen molar-refractivity contribution in [2.45, 2.75) is 26.7 Å². The minimum Gasteiger partial charge on any atom is -0.293 e. The van der Waals surface area contributed by atoms with Gasteiger partial charge in [0.05, 0.1) is 6.54 Å². The molecule has 0 N–H and O–H groups in total. The van der Waals surface area contributed by atoms with E-state index < -0.39 is 0 Å². The first kappa shape index (κ1) is 12.9. The molecule has 3 heteroatoms. The Bertz CT molecular complexity index is 156. The molecule has 0 fully saturated rings. The molecule has 0 aromatic heterocycles. The van der Waals surface area contributed by atoms with Crippen LogP contribution >= 0.6 is 11.6 Å². The fourth-order valence-corrected chi connectivity index (χ4v) is 1.40. The largest absolute Gasteiger partial charge is 0.293 e. The number of halogens is 1. The molecule has 0 aromatic rings. The van der Waals surface area contributed by atoms with Crippen molar-refractivity contribution in [2.75, 3.05) is 33.7 Å². The van der Waals surface area contributed by atoms with Gasteiger partial charge in [-0.3, -0.25) is 4.90 Å². The molecule has 0 aliphatic rings. The van der Waals surface area contributed by atoms with Crippen LogP contribution in [-0.2, 0) is 0 Å². The van der Waals surface area contributed by atoms with E-state index in [0.29, 0.717) is 0 Å². The third-order valence-corrected chi connectivity index (χ3v) is 2.38. The zero-order valence-corrected chi connectivity index (χ0v) is 10.1. The standard InChI is InChI=1S/C10H22ClN2/c1-5-7-13(8-6-2)9-10(11)12(3)4/h5-9H2,1-4H3/q+1. The fourth-order valence-electron chi connectivity index (χ4n) is 1.23. The highest BCUT2D eigenvalue weighted by molar-refractivity contribution is 6.64. The minimum atomic E-state index is 0.885. The number of nitrogens with zero attached hydrogens (tertiary/aromatic N) is 2. The molecule has 0 amide bonds. The van der Waals surface area contributed by atoms with Crippen LogP contribution in [0.15, 0.2) is 0 Å². The first-order chi connectivity index (χ1) is 6.11. The van der Waals surface area contributed by atoms with E-state index in [1.54, 1.807) is 0 Å². The van der Waals surface area contributed by atoms with Crippen molar-refractivity contribution in [2.24, 2.45) is 0 Å². The summed E-state index contributed by atoms with van der Waals surface area (Å²) in [7, 11) is 3.97. The van der Waals surface area contributed by atoms with Crippen LogP contribution in [0.1, 0.15) is 26.7 Å². The molecule has 0 radical (unpaired) electrons. The zero-order chi connectivity index (χ0) is 10.3. The molecule has 0 aromatic carbocycles. The summed E-state index contributed by atoms with van der Waals surface area (Å²) in [5.41, 5.74) is 0. The van der Waals surface area contributed by atoms with E-state index in [2.05, 4.69) is 18.7 Å². The average molecular weight is 206 g/mol. The van der Waals surface area contributed by atoms with Crippen molar-refractivity contribution in [3.8, 4) is 0 Å². The molecule has 0 bridgehead atoms. The maximum Gasteiger partial charge on any atom is 0.258 e. The molecule has 0 spiro atoms. The predicted molar refractivity (Wildman–Crippen MR) is 60.0 cm³/mol. The van der Waals surface area contributed by atoms with Crippen molar-refractivity contribution < 1.29 is 4.58 Å². The Kier molecular flexibility index (Phi) is 7.29. The van der Waals surface area contributed by atoms with Gasteiger partial charge in [0.1, 0.15) is 14.1 Å². The first-order valence-corrected chi connectivity index (χ1v) is 5.40. The van der Waals surface area contributed by atoms with Gasteiger partial charge >= 0.3 is 0 Å². The molecule has 78 valence electrons. The average Bonchev–Trinajstić information content (AvgIpc) is 2.05. The van der Waals surface area contributed by atoms with Gasteiger partial charge in [0.2, 0.25) is 0 Å². The van der Waals surface area contributed by atoms with Gasteiger partial charge in [-0.05, 0) is 37.5 Å². The molecule has 0 heterocycles. The first-order valence-electron chi connectivity index (χ1n) is 5.02. The number of hydrogen-bond acceptors (Lipinski definition) is 1. The van der Waals surface area contributed by atoms with Crippen LogP contribution in [0.2, 0.25) is 0 Å². The van der Waals surface area contributed by atoms with E-state index in [9.17, 15) is 0 Å². The van der Waals surface area contributed by atoms with Crippen LogP contribution in [0.4, 0.5) is 0 Å². The normalized spacial score (nSPS) is 10.6. The maximum absolute atomic E-state index is 6.08. The molecular formula is C10H22ClN2+. The van der Waals surface area contributed by atoms with Crippen molar-refractivity contribution in [3.05, 3.63) is 0 Å². The lowest BCUT2D eigenvalue weighted by Crippen LogP contribution is -2.32. The van der Waals surface area contributed by atoms with E-state index in [0.717, 1.165) is 24.8 Å². The third kappa shape index (κ3) is 6.05. The number of rotatable bonds is 6. The lowest BCUT2D eigenvalue weighted by atomic mass is 10.3. The Morgan fingerprint density at radius 1 is 1.15 bits per heavy atom. The molecule has 0 saturated heterocycles. The van der Waals surface area contributed by atoms with E-state index in [1.165, 1.54) is 12.8 Å². The molecule has 0 aliphatic carbocycles. The molecule has 0 aliphatic heterocycles. The van der Waals surface area contributed by atoms with Crippen molar-refractivity contribution in [3.63, 3.8) is 0 Å². The molecule has 0 saturated carbocycles. The topological polar surface area (TPSA) is 6.25 Å². The highest BCUT2D eigenvalue weighted by atomic mass is 35.5. The quantitative estimate of drug-likeness (QED) is 0.475. The maximum atomic E-state index is 6.08. The van der Waals surface area contributed by atoms with Gasteiger partial charge in [0.15, 0.2) is 0 Å². The Labute approximate surface area is 87.2 Å². The smallest absolute Gasteiger partial charge is 0.258 e. The van der Waals surface area contributed by atoms with Crippen LogP contribution in [0, 0.1) is 0 Å². The van der Waals surface area contributed by atoms with Crippen LogP contribution < -0.4 is 0 Å². The highest BCUT2D eigenvalue weighted by Crippen LogP contribution is 1.96. The summed E-state index contributed by atoms with van der Waals surface area (Å²) in [5, 5.41) is 0.918. The summed E-state index contributed by atoms with van der Waals surface area (Å²) in [6.45, 7) is 7.56. The van der Waals surface area contributed by atoms with E-state index >= 15 is 0 Å². The lowest BCUT2D eigenvalue weighted by molar-refractivity contribution is -0.463. The summed E-state index contributed by atoms with van der Waals surface area (Å²) in [6, 6.07) is 0. The van der Waals surface area contributed by atoms with Gasteiger partial charge in [-0.25, -0.2) is 4.58 Å². The van der Waals surface area contributed by atoms with E-state index in [4.69, 9.17) is 11.6 Å². The summed E-state index contributed by atoms with van der Waals surface area (Å²) >= 11 is 6.08. The lowest BCUT2D eigenvalue weighted by Gasteiger charge is -2.18. The molecule has 0 unspecified atom stereocenters. The molecule has 13 heavy (non-hydrogen) atoms. The predicted octanol–water partition coefficient (Wildman–Crippen LogP) is 2.02. The highest BCUT2D eigenvalue weighted by Gasteiger charge is 2.10. The SMILES string of the molecule is CCCN(CCC)CC(Cl)=[N+](C)C.